The van der Waals surface area contributed by atoms with E-state index in [1.165, 1.54) is 6.92 Å². The molecular weight excluding hydrogens is 168 g/mol. The van der Waals surface area contributed by atoms with E-state index in [0.717, 1.165) is 5.57 Å². The van der Waals surface area contributed by atoms with Crippen LogP contribution in [0.15, 0.2) is 11.1 Å². The Morgan fingerprint density at radius 2 is 2.08 bits per heavy atom. The summed E-state index contributed by atoms with van der Waals surface area (Å²) in [5, 5.41) is 0. The minimum absolute atomic E-state index is 0.209. The van der Waals surface area contributed by atoms with Crippen molar-refractivity contribution in [2.24, 2.45) is 0 Å². The lowest BCUT2D eigenvalue weighted by molar-refractivity contribution is -0.146. The highest BCUT2D eigenvalue weighted by Gasteiger charge is 2.41. The summed E-state index contributed by atoms with van der Waals surface area (Å²) in [5.74, 6) is -0.686. The zero-order valence-corrected chi connectivity index (χ0v) is 8.43. The van der Waals surface area contributed by atoms with E-state index in [1.54, 1.807) is 6.92 Å². The number of carbonyl (C=O) groups is 2. The van der Waals surface area contributed by atoms with Gasteiger partial charge in [-0.15, -0.1) is 0 Å². The van der Waals surface area contributed by atoms with E-state index in [0.29, 0.717) is 6.42 Å². The number of hydrogen-bond acceptors (Lipinski definition) is 3. The number of hydrogen-bond donors (Lipinski definition) is 0. The van der Waals surface area contributed by atoms with Crippen molar-refractivity contribution < 1.29 is 14.3 Å². The van der Waals surface area contributed by atoms with Crippen LogP contribution in [-0.4, -0.2) is 17.4 Å². The van der Waals surface area contributed by atoms with Gasteiger partial charge in [-0.25, -0.2) is 4.79 Å². The van der Waals surface area contributed by atoms with Gasteiger partial charge in [0.25, 0.3) is 0 Å². The first-order chi connectivity index (χ1) is 5.92. The molecule has 0 saturated heterocycles. The number of ether oxygens (including phenoxy) is 1. The van der Waals surface area contributed by atoms with E-state index in [1.807, 2.05) is 13.8 Å². The molecule has 0 saturated carbocycles. The molecule has 0 amide bonds. The normalized spacial score (nSPS) is 27.8. The minimum atomic E-state index is -0.571. The van der Waals surface area contributed by atoms with Gasteiger partial charge in [0.05, 0.1) is 0 Å². The van der Waals surface area contributed by atoms with Crippen LogP contribution in [-0.2, 0) is 14.3 Å². The van der Waals surface area contributed by atoms with Gasteiger partial charge >= 0.3 is 5.97 Å². The van der Waals surface area contributed by atoms with E-state index in [2.05, 4.69) is 0 Å². The highest BCUT2D eigenvalue weighted by atomic mass is 16.6. The molecular formula is C10H14O3. The van der Waals surface area contributed by atoms with E-state index in [4.69, 9.17) is 4.74 Å². The van der Waals surface area contributed by atoms with Crippen LogP contribution in [0.2, 0.25) is 0 Å². The number of ketones is 1. The average Bonchev–Trinajstić information content (AvgIpc) is 2.24. The Bertz CT molecular complexity index is 301. The molecule has 1 aliphatic rings. The monoisotopic (exact) mass is 182 g/mol. The SMILES string of the molecule is CCC1(C)OC(=O)C(C(C)=O)=C1C. The molecule has 3 nitrogen and oxygen atoms in total. The molecule has 72 valence electrons. The molecule has 1 aliphatic heterocycles. The lowest BCUT2D eigenvalue weighted by atomic mass is 9.92. The molecule has 0 radical (unpaired) electrons. The fourth-order valence-corrected chi connectivity index (χ4v) is 1.49. The molecule has 1 atom stereocenters. The van der Waals surface area contributed by atoms with Crippen LogP contribution in [0.1, 0.15) is 34.1 Å². The fourth-order valence-electron chi connectivity index (χ4n) is 1.49. The summed E-state index contributed by atoms with van der Waals surface area (Å²) in [6, 6.07) is 0. The maximum absolute atomic E-state index is 11.3. The van der Waals surface area contributed by atoms with Gasteiger partial charge in [0.1, 0.15) is 11.2 Å². The van der Waals surface area contributed by atoms with Crippen molar-refractivity contribution >= 4 is 11.8 Å². The number of Topliss-reactive ketones (excluding diaryl/α,β-unsaturated/α-hetero) is 1. The van der Waals surface area contributed by atoms with Crippen LogP contribution >= 0.6 is 0 Å². The van der Waals surface area contributed by atoms with E-state index in [-0.39, 0.29) is 11.4 Å². The lowest BCUT2D eigenvalue weighted by Crippen LogP contribution is -2.25. The minimum Gasteiger partial charge on any atom is -0.451 e. The first-order valence-electron chi connectivity index (χ1n) is 4.38. The molecule has 0 aliphatic carbocycles. The second kappa shape index (κ2) is 2.98. The highest BCUT2D eigenvalue weighted by molar-refractivity contribution is 6.18. The summed E-state index contributed by atoms with van der Waals surface area (Å²) in [5.41, 5.74) is 0.412. The molecule has 0 bridgehead atoms. The third-order valence-corrected chi connectivity index (χ3v) is 2.72. The van der Waals surface area contributed by atoms with Crippen LogP contribution in [0.5, 0.6) is 0 Å². The summed E-state index contributed by atoms with van der Waals surface area (Å²) in [7, 11) is 0. The molecule has 0 aromatic heterocycles. The van der Waals surface area contributed by atoms with Crippen molar-refractivity contribution in [3.63, 3.8) is 0 Å². The quantitative estimate of drug-likeness (QED) is 0.481. The van der Waals surface area contributed by atoms with Gasteiger partial charge in [-0.05, 0) is 32.8 Å². The first kappa shape index (κ1) is 9.96. The Morgan fingerprint density at radius 3 is 2.31 bits per heavy atom. The fraction of sp³-hybridized carbons (Fsp3) is 0.600. The second-order valence-corrected chi connectivity index (χ2v) is 3.53. The van der Waals surface area contributed by atoms with Crippen molar-refractivity contribution in [1.29, 1.82) is 0 Å². The van der Waals surface area contributed by atoms with Gasteiger partial charge in [0.2, 0.25) is 0 Å². The summed E-state index contributed by atoms with van der Waals surface area (Å²) >= 11 is 0. The van der Waals surface area contributed by atoms with Gasteiger partial charge in [-0.1, -0.05) is 6.92 Å². The zero-order chi connectivity index (χ0) is 10.2. The summed E-state index contributed by atoms with van der Waals surface area (Å²) in [6.07, 6.45) is 0.696. The number of esters is 1. The van der Waals surface area contributed by atoms with Crippen molar-refractivity contribution in [2.45, 2.75) is 39.7 Å². The molecule has 1 heterocycles. The lowest BCUT2D eigenvalue weighted by Gasteiger charge is -2.22. The third kappa shape index (κ3) is 1.39. The molecule has 3 heteroatoms. The second-order valence-electron chi connectivity index (χ2n) is 3.53. The van der Waals surface area contributed by atoms with Crippen LogP contribution in [0.25, 0.3) is 0 Å². The molecule has 0 aromatic carbocycles. The Labute approximate surface area is 77.8 Å². The largest absolute Gasteiger partial charge is 0.451 e. The van der Waals surface area contributed by atoms with Gasteiger partial charge < -0.3 is 4.74 Å². The van der Waals surface area contributed by atoms with Gasteiger partial charge in [-0.2, -0.15) is 0 Å². The summed E-state index contributed by atoms with van der Waals surface area (Å²) < 4.78 is 5.15. The van der Waals surface area contributed by atoms with Gasteiger partial charge in [-0.3, -0.25) is 4.79 Å². The predicted molar refractivity (Wildman–Crippen MR) is 48.2 cm³/mol. The van der Waals surface area contributed by atoms with Crippen LogP contribution in [0.3, 0.4) is 0 Å². The average molecular weight is 182 g/mol. The van der Waals surface area contributed by atoms with Crippen molar-refractivity contribution in [1.82, 2.24) is 0 Å². The molecule has 0 fully saturated rings. The summed E-state index contributed by atoms with van der Waals surface area (Å²) in [4.78, 5) is 22.4. The molecule has 13 heavy (non-hydrogen) atoms. The van der Waals surface area contributed by atoms with Crippen LogP contribution in [0.4, 0.5) is 0 Å². The molecule has 0 spiro atoms. The Morgan fingerprint density at radius 1 is 1.54 bits per heavy atom. The first-order valence-corrected chi connectivity index (χ1v) is 4.38. The third-order valence-electron chi connectivity index (χ3n) is 2.72. The van der Waals surface area contributed by atoms with Gasteiger partial charge in [0, 0.05) is 0 Å². The maximum atomic E-state index is 11.3. The van der Waals surface area contributed by atoms with Crippen molar-refractivity contribution in [2.75, 3.05) is 0 Å². The predicted octanol–water partition coefficient (Wildman–Crippen LogP) is 1.62. The van der Waals surface area contributed by atoms with Crippen LogP contribution < -0.4 is 0 Å². The Hall–Kier alpha value is -1.12. The van der Waals surface area contributed by atoms with Crippen molar-refractivity contribution in [3.05, 3.63) is 11.1 Å². The standard InChI is InChI=1S/C10H14O3/c1-5-10(4)6(2)8(7(3)11)9(12)13-10/h5H2,1-4H3. The number of cyclic esters (lactones) is 1. The molecule has 1 unspecified atom stereocenters. The Kier molecular flexibility index (Phi) is 2.28. The molecule has 1 rings (SSSR count). The number of rotatable bonds is 2. The van der Waals surface area contributed by atoms with E-state index < -0.39 is 11.6 Å². The highest BCUT2D eigenvalue weighted by Crippen LogP contribution is 2.34. The number of carbonyl (C=O) groups excluding carboxylic acids is 2. The van der Waals surface area contributed by atoms with Gasteiger partial charge in [0.15, 0.2) is 5.78 Å². The maximum Gasteiger partial charge on any atom is 0.342 e. The Balaban J connectivity index is 3.18. The van der Waals surface area contributed by atoms with Crippen LogP contribution in [0, 0.1) is 0 Å². The molecule has 0 N–H and O–H groups in total. The zero-order valence-electron chi connectivity index (χ0n) is 8.43. The van der Waals surface area contributed by atoms with E-state index in [9.17, 15) is 9.59 Å². The summed E-state index contributed by atoms with van der Waals surface area (Å²) in [6.45, 7) is 6.93. The topological polar surface area (TPSA) is 43.4 Å². The van der Waals surface area contributed by atoms with E-state index >= 15 is 0 Å². The molecule has 0 aromatic rings. The van der Waals surface area contributed by atoms with Crippen molar-refractivity contribution in [3.8, 4) is 0 Å². The smallest absolute Gasteiger partial charge is 0.342 e.